The van der Waals surface area contributed by atoms with Crippen molar-refractivity contribution in [3.8, 4) is 0 Å². The van der Waals surface area contributed by atoms with Crippen molar-refractivity contribution >= 4 is 11.9 Å². The molecule has 56 heavy (non-hydrogen) atoms. The summed E-state index contributed by atoms with van der Waals surface area (Å²) in [6.45, 7) is 4.36. The van der Waals surface area contributed by atoms with Gasteiger partial charge in [-0.3, -0.25) is 4.79 Å². The minimum absolute atomic E-state index is 0.548. The van der Waals surface area contributed by atoms with Crippen LogP contribution in [-0.2, 0) is 47.5 Å². The lowest BCUT2D eigenvalue weighted by molar-refractivity contribution is -0.393. The molecule has 4 saturated heterocycles. The first-order valence-electron chi connectivity index (χ1n) is 18.3. The third-order valence-corrected chi connectivity index (χ3v) is 10.3. The van der Waals surface area contributed by atoms with Gasteiger partial charge in [-0.1, -0.05) is 6.92 Å². The van der Waals surface area contributed by atoms with E-state index in [1.165, 1.54) is 13.8 Å². The summed E-state index contributed by atoms with van der Waals surface area (Å²) in [5.74, 6) is -6.53. The highest BCUT2D eigenvalue weighted by Gasteiger charge is 2.60. The second-order valence-corrected chi connectivity index (χ2v) is 14.8. The van der Waals surface area contributed by atoms with Gasteiger partial charge in [-0.2, -0.15) is 0 Å². The molecule has 0 spiro atoms. The summed E-state index contributed by atoms with van der Waals surface area (Å²) in [5.41, 5.74) is 0. The summed E-state index contributed by atoms with van der Waals surface area (Å²) in [4.78, 5) is 25.3. The van der Waals surface area contributed by atoms with Crippen molar-refractivity contribution in [3.63, 3.8) is 0 Å². The maximum atomic E-state index is 12.8. The predicted molar refractivity (Wildman–Crippen MR) is 178 cm³/mol. The van der Waals surface area contributed by atoms with Crippen LogP contribution in [0.2, 0.25) is 0 Å². The molecule has 23 nitrogen and oxygen atoms in total. The molecule has 4 rings (SSSR count). The Morgan fingerprint density at radius 2 is 1.38 bits per heavy atom. The Hall–Kier alpha value is -1.82. The number of carbonyl (C=O) groups is 2. The van der Waals surface area contributed by atoms with Crippen LogP contribution in [0.25, 0.3) is 0 Å². The van der Waals surface area contributed by atoms with E-state index in [0.717, 1.165) is 6.92 Å². The molecular weight excluding hydrogens is 762 g/mol. The van der Waals surface area contributed by atoms with Crippen LogP contribution in [0.1, 0.15) is 41.0 Å². The summed E-state index contributed by atoms with van der Waals surface area (Å²) < 4.78 is 46.8. The van der Waals surface area contributed by atoms with Gasteiger partial charge in [-0.05, 0) is 20.8 Å². The Bertz CT molecular complexity index is 1280. The molecule has 0 aliphatic carbocycles. The van der Waals surface area contributed by atoms with E-state index in [4.69, 9.17) is 37.9 Å². The molecule has 4 aliphatic heterocycles. The molecule has 0 bridgehead atoms. The number of amides is 1. The van der Waals surface area contributed by atoms with Crippen molar-refractivity contribution < 1.29 is 109 Å². The molecule has 0 aromatic rings. The van der Waals surface area contributed by atoms with E-state index in [1.807, 2.05) is 0 Å². The van der Waals surface area contributed by atoms with E-state index >= 15 is 0 Å². The van der Waals surface area contributed by atoms with Crippen LogP contribution in [0.5, 0.6) is 0 Å². The number of ether oxygens (including phenoxy) is 8. The van der Waals surface area contributed by atoms with Gasteiger partial charge >= 0.3 is 5.97 Å². The second kappa shape index (κ2) is 19.5. The maximum absolute atomic E-state index is 12.8. The number of aliphatic hydroxyl groups is 11. The normalized spacial score (nSPS) is 45.9. The second-order valence-electron chi connectivity index (χ2n) is 14.8. The quantitative estimate of drug-likeness (QED) is 0.0730. The van der Waals surface area contributed by atoms with Crippen LogP contribution in [0.4, 0.5) is 0 Å². The van der Waals surface area contributed by atoms with Crippen LogP contribution >= 0.6 is 0 Å². The molecule has 23 heteroatoms. The maximum Gasteiger partial charge on any atom is 0.364 e. The first-order valence-corrected chi connectivity index (χ1v) is 18.3. The Morgan fingerprint density at radius 3 is 1.93 bits per heavy atom. The zero-order valence-corrected chi connectivity index (χ0v) is 31.4. The van der Waals surface area contributed by atoms with Crippen molar-refractivity contribution in [3.05, 3.63) is 0 Å². The van der Waals surface area contributed by atoms with Crippen LogP contribution in [0.15, 0.2) is 0 Å². The Labute approximate surface area is 321 Å². The number of nitrogens with one attached hydrogen (secondary N) is 1. The summed E-state index contributed by atoms with van der Waals surface area (Å²) in [6.07, 6.45) is -32.6. The molecule has 1 amide bonds. The first-order chi connectivity index (χ1) is 26.2. The summed E-state index contributed by atoms with van der Waals surface area (Å²) >= 11 is 0. The fourth-order valence-electron chi connectivity index (χ4n) is 7.14. The summed E-state index contributed by atoms with van der Waals surface area (Å²) in [6, 6.07) is -1.36. The van der Waals surface area contributed by atoms with Crippen LogP contribution in [-0.4, -0.2) is 221 Å². The third-order valence-electron chi connectivity index (χ3n) is 10.3. The van der Waals surface area contributed by atoms with E-state index in [0.29, 0.717) is 0 Å². The third kappa shape index (κ3) is 9.95. The topological polar surface area (TPSA) is 363 Å². The van der Waals surface area contributed by atoms with Crippen molar-refractivity contribution in [2.24, 2.45) is 5.92 Å². The van der Waals surface area contributed by atoms with E-state index in [2.05, 4.69) is 5.32 Å². The van der Waals surface area contributed by atoms with Crippen molar-refractivity contribution in [2.45, 2.75) is 169 Å². The molecule has 0 aromatic carbocycles. The highest BCUT2D eigenvalue weighted by Crippen LogP contribution is 2.40. The van der Waals surface area contributed by atoms with Gasteiger partial charge in [0.05, 0.1) is 44.2 Å². The zero-order valence-electron chi connectivity index (χ0n) is 31.4. The monoisotopic (exact) mass is 819 g/mol. The molecule has 0 saturated carbocycles. The van der Waals surface area contributed by atoms with Gasteiger partial charge in [-0.25, -0.2) is 4.79 Å². The predicted octanol–water partition coefficient (Wildman–Crippen LogP) is -6.66. The number of aliphatic carboxylic acids is 1. The highest BCUT2D eigenvalue weighted by atomic mass is 16.8. The van der Waals surface area contributed by atoms with Gasteiger partial charge in [0, 0.05) is 19.3 Å². The highest BCUT2D eigenvalue weighted by molar-refractivity contribution is 5.76. The van der Waals surface area contributed by atoms with E-state index < -0.39 is 172 Å². The lowest BCUT2D eigenvalue weighted by Crippen LogP contribution is -2.70. The van der Waals surface area contributed by atoms with Gasteiger partial charge in [0.15, 0.2) is 18.9 Å². The molecule has 21 atom stereocenters. The Balaban J connectivity index is 1.73. The number of carboxylic acids is 1. The fourth-order valence-corrected chi connectivity index (χ4v) is 7.14. The van der Waals surface area contributed by atoms with E-state index in [-0.39, 0.29) is 0 Å². The summed E-state index contributed by atoms with van der Waals surface area (Å²) in [5, 5.41) is 129. The van der Waals surface area contributed by atoms with Crippen molar-refractivity contribution in [1.82, 2.24) is 5.32 Å². The molecule has 326 valence electrons. The molecule has 0 radical (unpaired) electrons. The molecule has 7 unspecified atom stereocenters. The lowest BCUT2D eigenvalue weighted by atomic mass is 9.84. The number of hydrogen-bond acceptors (Lipinski definition) is 21. The Morgan fingerprint density at radius 1 is 0.786 bits per heavy atom. The number of carbonyl (C=O) groups excluding carboxylic acids is 1. The van der Waals surface area contributed by atoms with Crippen LogP contribution in [0, 0.1) is 5.92 Å². The average Bonchev–Trinajstić information content (AvgIpc) is 3.14. The van der Waals surface area contributed by atoms with E-state index in [9.17, 15) is 70.9 Å². The number of carboxylic acid groups (broad SMARTS) is 1. The van der Waals surface area contributed by atoms with Gasteiger partial charge in [0.25, 0.3) is 5.79 Å². The van der Waals surface area contributed by atoms with Crippen molar-refractivity contribution in [1.29, 1.82) is 0 Å². The number of aliphatic hydroxyl groups excluding tert-OH is 11. The van der Waals surface area contributed by atoms with E-state index in [1.54, 1.807) is 13.8 Å². The minimum atomic E-state index is -2.94. The van der Waals surface area contributed by atoms with Crippen LogP contribution < -0.4 is 5.32 Å². The molecule has 4 aliphatic rings. The number of hydrogen-bond donors (Lipinski definition) is 13. The van der Waals surface area contributed by atoms with Crippen molar-refractivity contribution in [2.75, 3.05) is 19.8 Å². The molecule has 0 aromatic heterocycles. The first kappa shape index (κ1) is 46.9. The average molecular weight is 820 g/mol. The number of rotatable bonds is 15. The lowest BCUT2D eigenvalue weighted by Gasteiger charge is -2.51. The van der Waals surface area contributed by atoms with Gasteiger partial charge < -0.3 is 104 Å². The molecular formula is C33H57NO22. The zero-order chi connectivity index (χ0) is 42.0. The van der Waals surface area contributed by atoms with Gasteiger partial charge in [0.2, 0.25) is 5.91 Å². The molecule has 4 fully saturated rings. The molecule has 4 heterocycles. The van der Waals surface area contributed by atoms with Crippen LogP contribution in [0.3, 0.4) is 0 Å². The standard InChI is InChI=1S/C33H57NO22/c1-10(2)49-29-18(34-13(5)38)27(54-30-23(45)22(44)19(41)12(4)50-30)26(17(9-37)52-29)53-31-24(46)28(21(43)16(8-36)51-31)56-33(32(47)48)6-14(39)11(3)25(55-33)20(42)15(40)7-35/h10-12,14-31,35-37,39-46H,6-9H2,1-5H3,(H,34,38)(H,47,48)/t11-,12?,14-,15-,16+,17?,18?,19-,20-,21+,22+,23?,24?,25?,26-,27-,28?,29-,30+,31+,33+/m1/s1. The summed E-state index contributed by atoms with van der Waals surface area (Å²) in [7, 11) is 0. The van der Waals surface area contributed by atoms with Gasteiger partial charge in [0.1, 0.15) is 79.3 Å². The molecule has 13 N–H and O–H groups in total. The minimum Gasteiger partial charge on any atom is -0.477 e. The van der Waals surface area contributed by atoms with Gasteiger partial charge in [-0.15, -0.1) is 0 Å². The largest absolute Gasteiger partial charge is 0.477 e. The fraction of sp³-hybridized carbons (Fsp3) is 0.939. The Kier molecular flexibility index (Phi) is 16.3. The smallest absolute Gasteiger partial charge is 0.364 e. The SMILES string of the molecule is CC(=O)NC1[C@H](OC(C)C)OC(CO)[C@@H](O[C@@H]2O[C@@H](CO)[C@H](O)C(O[C@]3(C(=O)O)C[C@@H](O)[C@@H](C)C([C@H](O)[C@H](O)CO)O3)C2O)[C@@H]1O[C@@H]1OC(C)[C@@H](O)[C@H](O)C1O.